The maximum atomic E-state index is 12.8. The fraction of sp³-hybridized carbons (Fsp3) is 0.227. The summed E-state index contributed by atoms with van der Waals surface area (Å²) in [5.41, 5.74) is 5.82. The number of nitrogens with one attached hydrogen (secondary N) is 1. The van der Waals surface area contributed by atoms with Crippen LogP contribution in [0.5, 0.6) is 11.5 Å². The number of fused-ring (bicyclic) bond motifs is 1. The molecule has 1 N–H and O–H groups in total. The first-order valence-electron chi connectivity index (χ1n) is 9.14. The molecule has 0 bridgehead atoms. The molecule has 6 heteroatoms. The number of rotatable bonds is 6. The highest BCUT2D eigenvalue weighted by molar-refractivity contribution is 6.06. The van der Waals surface area contributed by atoms with E-state index in [9.17, 15) is 4.79 Å². The lowest BCUT2D eigenvalue weighted by molar-refractivity contribution is 0.0956. The fourth-order valence-corrected chi connectivity index (χ4v) is 3.13. The molecule has 0 unspecified atom stereocenters. The number of ether oxygens (including phenoxy) is 2. The van der Waals surface area contributed by atoms with Crippen molar-refractivity contribution < 1.29 is 14.3 Å². The Hall–Kier alpha value is -3.41. The summed E-state index contributed by atoms with van der Waals surface area (Å²) in [7, 11) is 3.16. The van der Waals surface area contributed by atoms with Gasteiger partial charge in [0.05, 0.1) is 31.5 Å². The van der Waals surface area contributed by atoms with E-state index in [4.69, 9.17) is 14.5 Å². The van der Waals surface area contributed by atoms with Crippen molar-refractivity contribution in [3.8, 4) is 11.5 Å². The van der Waals surface area contributed by atoms with E-state index in [-0.39, 0.29) is 5.91 Å². The summed E-state index contributed by atoms with van der Waals surface area (Å²) in [5.74, 6) is 1.45. The van der Waals surface area contributed by atoms with Crippen molar-refractivity contribution in [1.29, 1.82) is 0 Å². The van der Waals surface area contributed by atoms with Crippen molar-refractivity contribution in [2.75, 3.05) is 14.2 Å². The molecule has 0 spiro atoms. The first kappa shape index (κ1) is 18.0. The first-order chi connectivity index (χ1) is 13.7. The van der Waals surface area contributed by atoms with E-state index in [1.165, 1.54) is 0 Å². The third-order valence-electron chi connectivity index (χ3n) is 4.76. The highest BCUT2D eigenvalue weighted by atomic mass is 16.5. The first-order valence-corrected chi connectivity index (χ1v) is 9.14. The Morgan fingerprint density at radius 2 is 1.89 bits per heavy atom. The largest absolute Gasteiger partial charge is 0.493 e. The Morgan fingerprint density at radius 3 is 2.64 bits per heavy atom. The second-order valence-electron chi connectivity index (χ2n) is 6.70. The SMILES string of the molecule is COc1ccc(/C=N/NC(=O)c2cc(C3CC3)nc3ccccc23)cc1OC. The van der Waals surface area contributed by atoms with Crippen LogP contribution in [-0.4, -0.2) is 31.3 Å². The number of hydrogen-bond acceptors (Lipinski definition) is 5. The van der Waals surface area contributed by atoms with Gasteiger partial charge >= 0.3 is 0 Å². The van der Waals surface area contributed by atoms with Gasteiger partial charge in [0, 0.05) is 17.0 Å². The van der Waals surface area contributed by atoms with Crippen LogP contribution in [0.3, 0.4) is 0 Å². The van der Waals surface area contributed by atoms with E-state index in [0.29, 0.717) is 23.0 Å². The molecule has 3 aromatic rings. The van der Waals surface area contributed by atoms with Gasteiger partial charge in [0.15, 0.2) is 11.5 Å². The third-order valence-corrected chi connectivity index (χ3v) is 4.76. The zero-order chi connectivity index (χ0) is 19.5. The van der Waals surface area contributed by atoms with Gasteiger partial charge in [-0.1, -0.05) is 18.2 Å². The van der Waals surface area contributed by atoms with E-state index >= 15 is 0 Å². The van der Waals surface area contributed by atoms with Gasteiger partial charge in [-0.2, -0.15) is 5.10 Å². The molecule has 1 amide bonds. The quantitative estimate of drug-likeness (QED) is 0.524. The molecule has 2 aromatic carbocycles. The molecule has 1 heterocycles. The monoisotopic (exact) mass is 375 g/mol. The molecule has 1 aromatic heterocycles. The molecule has 1 aliphatic carbocycles. The van der Waals surface area contributed by atoms with E-state index in [2.05, 4.69) is 10.5 Å². The number of carbonyl (C=O) groups is 1. The lowest BCUT2D eigenvalue weighted by Crippen LogP contribution is -2.18. The molecule has 28 heavy (non-hydrogen) atoms. The predicted molar refractivity (Wildman–Crippen MR) is 108 cm³/mol. The number of methoxy groups -OCH3 is 2. The molecule has 0 saturated heterocycles. The van der Waals surface area contributed by atoms with Crippen LogP contribution in [0.2, 0.25) is 0 Å². The maximum absolute atomic E-state index is 12.8. The Kier molecular flexibility index (Phi) is 4.93. The van der Waals surface area contributed by atoms with E-state index < -0.39 is 0 Å². The summed E-state index contributed by atoms with van der Waals surface area (Å²) in [6.45, 7) is 0. The van der Waals surface area contributed by atoms with Gasteiger partial charge in [-0.15, -0.1) is 0 Å². The van der Waals surface area contributed by atoms with Crippen molar-refractivity contribution >= 4 is 23.0 Å². The fourth-order valence-electron chi connectivity index (χ4n) is 3.13. The lowest BCUT2D eigenvalue weighted by Gasteiger charge is -2.08. The van der Waals surface area contributed by atoms with Crippen molar-refractivity contribution in [2.45, 2.75) is 18.8 Å². The van der Waals surface area contributed by atoms with Crippen LogP contribution < -0.4 is 14.9 Å². The molecule has 0 atom stereocenters. The van der Waals surface area contributed by atoms with Crippen LogP contribution in [0.25, 0.3) is 10.9 Å². The zero-order valence-electron chi connectivity index (χ0n) is 15.8. The number of carbonyl (C=O) groups excluding carboxylic acids is 1. The van der Waals surface area contributed by atoms with Crippen molar-refractivity contribution in [3.05, 3.63) is 65.4 Å². The van der Waals surface area contributed by atoms with Crippen molar-refractivity contribution in [1.82, 2.24) is 10.4 Å². The number of benzene rings is 2. The minimum Gasteiger partial charge on any atom is -0.493 e. The minimum atomic E-state index is -0.253. The van der Waals surface area contributed by atoms with Crippen LogP contribution in [0.1, 0.15) is 40.4 Å². The number of aromatic nitrogens is 1. The second-order valence-corrected chi connectivity index (χ2v) is 6.70. The lowest BCUT2D eigenvalue weighted by atomic mass is 10.1. The molecule has 0 aliphatic heterocycles. The summed E-state index contributed by atoms with van der Waals surface area (Å²) in [6.07, 6.45) is 3.83. The van der Waals surface area contributed by atoms with Gasteiger partial charge in [-0.25, -0.2) is 5.43 Å². The van der Waals surface area contributed by atoms with Gasteiger partial charge in [0.1, 0.15) is 0 Å². The number of para-hydroxylation sites is 1. The van der Waals surface area contributed by atoms with Crippen LogP contribution in [-0.2, 0) is 0 Å². The summed E-state index contributed by atoms with van der Waals surface area (Å²) in [6, 6.07) is 15.0. The van der Waals surface area contributed by atoms with E-state index in [1.54, 1.807) is 32.6 Å². The Morgan fingerprint density at radius 1 is 1.11 bits per heavy atom. The highest BCUT2D eigenvalue weighted by Crippen LogP contribution is 2.40. The second kappa shape index (κ2) is 7.68. The van der Waals surface area contributed by atoms with E-state index in [1.807, 2.05) is 36.4 Å². The summed E-state index contributed by atoms with van der Waals surface area (Å²) >= 11 is 0. The minimum absolute atomic E-state index is 0.253. The molecular formula is C22H21N3O3. The average Bonchev–Trinajstić information content (AvgIpc) is 3.58. The number of pyridine rings is 1. The molecule has 142 valence electrons. The molecule has 6 nitrogen and oxygen atoms in total. The number of nitrogens with zero attached hydrogens (tertiary/aromatic N) is 2. The Balaban J connectivity index is 1.56. The smallest absolute Gasteiger partial charge is 0.272 e. The van der Waals surface area contributed by atoms with Crippen LogP contribution >= 0.6 is 0 Å². The maximum Gasteiger partial charge on any atom is 0.272 e. The molecule has 4 rings (SSSR count). The molecule has 1 aliphatic rings. The molecule has 1 fully saturated rings. The summed E-state index contributed by atoms with van der Waals surface area (Å²) in [5, 5.41) is 4.93. The summed E-state index contributed by atoms with van der Waals surface area (Å²) in [4.78, 5) is 17.5. The van der Waals surface area contributed by atoms with Crippen molar-refractivity contribution in [3.63, 3.8) is 0 Å². The van der Waals surface area contributed by atoms with Gasteiger partial charge in [-0.3, -0.25) is 9.78 Å². The van der Waals surface area contributed by atoms with Crippen LogP contribution in [0.15, 0.2) is 53.6 Å². The van der Waals surface area contributed by atoms with Gasteiger partial charge in [0.25, 0.3) is 5.91 Å². The molecule has 1 saturated carbocycles. The van der Waals surface area contributed by atoms with E-state index in [0.717, 1.165) is 35.0 Å². The average molecular weight is 375 g/mol. The zero-order valence-corrected chi connectivity index (χ0v) is 15.8. The van der Waals surface area contributed by atoms with Crippen LogP contribution in [0.4, 0.5) is 0 Å². The Bertz CT molecular complexity index is 1060. The highest BCUT2D eigenvalue weighted by Gasteiger charge is 2.26. The molecule has 0 radical (unpaired) electrons. The number of hydrogen-bond donors (Lipinski definition) is 1. The number of hydrazone groups is 1. The molecular weight excluding hydrogens is 354 g/mol. The summed E-state index contributed by atoms with van der Waals surface area (Å²) < 4.78 is 10.5. The Labute approximate surface area is 163 Å². The standard InChI is InChI=1S/C22H21N3O3/c1-27-20-10-7-14(11-21(20)28-2)13-23-25-22(26)17-12-19(15-8-9-15)24-18-6-4-3-5-16(17)18/h3-7,10-13,15H,8-9H2,1-2H3,(H,25,26)/b23-13+. The van der Waals surface area contributed by atoms with Crippen LogP contribution in [0, 0.1) is 0 Å². The van der Waals surface area contributed by atoms with Gasteiger partial charge in [0.2, 0.25) is 0 Å². The number of amides is 1. The predicted octanol–water partition coefficient (Wildman–Crippen LogP) is 3.89. The third kappa shape index (κ3) is 3.67. The van der Waals surface area contributed by atoms with Gasteiger partial charge in [-0.05, 0) is 48.7 Å². The van der Waals surface area contributed by atoms with Crippen molar-refractivity contribution in [2.24, 2.45) is 5.10 Å². The normalized spacial score (nSPS) is 13.6. The topological polar surface area (TPSA) is 72.8 Å². The van der Waals surface area contributed by atoms with Gasteiger partial charge < -0.3 is 9.47 Å².